The van der Waals surface area contributed by atoms with Crippen molar-refractivity contribution in [3.05, 3.63) is 41.3 Å². The molecule has 0 N–H and O–H groups in total. The molecule has 0 bridgehead atoms. The summed E-state index contributed by atoms with van der Waals surface area (Å²) < 4.78 is 0. The van der Waals surface area contributed by atoms with Gasteiger partial charge in [-0.05, 0) is 5.56 Å². The maximum absolute atomic E-state index is 8.41. The average Bonchev–Trinajstić information content (AvgIpc) is 1.90. The van der Waals surface area contributed by atoms with Gasteiger partial charge in [0.25, 0.3) is 0 Å². The number of rotatable bonds is 1. The molecule has 0 aromatic heterocycles. The van der Waals surface area contributed by atoms with Gasteiger partial charge in [0, 0.05) is 0 Å². The van der Waals surface area contributed by atoms with Crippen LogP contribution in [0.1, 0.15) is 5.56 Å². The van der Waals surface area contributed by atoms with Gasteiger partial charge in [-0.1, -0.05) is 30.3 Å². The predicted octanol–water partition coefficient (Wildman–Crippen LogP) is 1.67. The molecule has 50 valence electrons. The molecule has 0 amide bonds. The number of benzene rings is 1. The van der Waals surface area contributed by atoms with Gasteiger partial charge in [-0.25, -0.2) is 0 Å². The summed E-state index contributed by atoms with van der Waals surface area (Å²) >= 11 is 0. The predicted molar refractivity (Wildman–Crippen MR) is 35.0 cm³/mol. The Hall–Kier alpha value is -0.370. The van der Waals surface area contributed by atoms with Gasteiger partial charge in [-0.2, -0.15) is 6.21 Å². The molecule has 0 saturated carbocycles. The van der Waals surface area contributed by atoms with E-state index in [1.807, 2.05) is 30.3 Å². The molecule has 0 spiro atoms. The maximum Gasteiger partial charge on any atom is 1.00 e. The zero-order valence-corrected chi connectivity index (χ0v) is 6.88. The van der Waals surface area contributed by atoms with Crippen molar-refractivity contribution in [3.8, 4) is 0 Å². The van der Waals surface area contributed by atoms with Crippen molar-refractivity contribution in [3.63, 3.8) is 0 Å². The van der Waals surface area contributed by atoms with Crippen molar-refractivity contribution in [2.45, 2.75) is 0 Å². The Morgan fingerprint density at radius 2 is 1.67 bits per heavy atom. The van der Waals surface area contributed by atoms with E-state index in [0.717, 1.165) is 11.8 Å². The van der Waals surface area contributed by atoms with Gasteiger partial charge in [0.1, 0.15) is 0 Å². The number of hydrogen-bond donors (Lipinski definition) is 0. The Kier molecular flexibility index (Phi) is 4.32. The quantitative estimate of drug-likeness (QED) is 0.556. The molecule has 0 saturated heterocycles. The molecule has 1 nitrogen and oxygen atoms in total. The van der Waals surface area contributed by atoms with E-state index in [1.165, 1.54) is 0 Å². The molecule has 0 aliphatic heterocycles. The Labute approximate surface area is 70.1 Å². The van der Waals surface area contributed by atoms with Crippen molar-refractivity contribution in [2.75, 3.05) is 0 Å². The Balaban J connectivity index is 0.000000640. The molecule has 0 aliphatic rings. The molecule has 0 heterocycles. The summed E-state index contributed by atoms with van der Waals surface area (Å²) in [5, 5.41) is 8.41. The van der Waals surface area contributed by atoms with E-state index in [2.05, 4.69) is 0 Å². The zero-order valence-electron chi connectivity index (χ0n) is 4.71. The number of nitrogens with zero attached hydrogens (tertiary/aromatic N) is 1. The minimum Gasteiger partial charge on any atom is -0.810 e. The van der Waals surface area contributed by atoms with Gasteiger partial charge in [0.15, 0.2) is 0 Å². The molecule has 9 heavy (non-hydrogen) atoms. The molecule has 2 heteroatoms. The fraction of sp³-hybridized carbons (Fsp3) is 0. The standard InChI is InChI=1S/C7H6N.Au/c8-6-7-4-2-1-3-5-7;/h1-6H;/q-1;+1. The third kappa shape index (κ3) is 2.61. The first-order valence-electron chi connectivity index (χ1n) is 2.46. The molecule has 0 aliphatic carbocycles. The third-order valence-corrected chi connectivity index (χ3v) is 0.949. The van der Waals surface area contributed by atoms with Crippen LogP contribution in [0.2, 0.25) is 0 Å². The van der Waals surface area contributed by atoms with Crippen molar-refractivity contribution in [1.82, 2.24) is 0 Å². The summed E-state index contributed by atoms with van der Waals surface area (Å²) in [5.74, 6) is 0. The molecule has 1 rings (SSSR count). The Morgan fingerprint density at radius 1 is 1.11 bits per heavy atom. The van der Waals surface area contributed by atoms with Crippen molar-refractivity contribution in [1.29, 1.82) is 0 Å². The van der Waals surface area contributed by atoms with Crippen LogP contribution in [0.5, 0.6) is 0 Å². The van der Waals surface area contributed by atoms with Crippen LogP contribution >= 0.6 is 0 Å². The molecule has 0 atom stereocenters. The van der Waals surface area contributed by atoms with Gasteiger partial charge in [0.2, 0.25) is 0 Å². The van der Waals surface area contributed by atoms with Crippen molar-refractivity contribution in [2.24, 2.45) is 0 Å². The molecular formula is C7H6AuN. The minimum atomic E-state index is 0. The second-order valence-corrected chi connectivity index (χ2v) is 1.54. The number of hydrogen-bond acceptors (Lipinski definition) is 0. The summed E-state index contributed by atoms with van der Waals surface area (Å²) in [5.41, 5.74) is 0.840. The third-order valence-electron chi connectivity index (χ3n) is 0.949. The van der Waals surface area contributed by atoms with Crippen LogP contribution in [0, 0.1) is 0 Å². The summed E-state index contributed by atoms with van der Waals surface area (Å²) in [6.07, 6.45) is 1.08. The molecule has 0 fully saturated rings. The van der Waals surface area contributed by atoms with E-state index >= 15 is 0 Å². The fourth-order valence-electron chi connectivity index (χ4n) is 0.539. The van der Waals surface area contributed by atoms with Crippen LogP contribution in [-0.4, -0.2) is 6.21 Å². The molecule has 0 radical (unpaired) electrons. The first kappa shape index (κ1) is 8.63. The van der Waals surface area contributed by atoms with Crippen LogP contribution in [0.3, 0.4) is 0 Å². The van der Waals surface area contributed by atoms with E-state index in [4.69, 9.17) is 5.41 Å². The second-order valence-electron chi connectivity index (χ2n) is 1.54. The normalized spacial score (nSPS) is 7.56. The topological polar surface area (TPSA) is 22.3 Å². The Morgan fingerprint density at radius 3 is 2.00 bits per heavy atom. The van der Waals surface area contributed by atoms with E-state index in [9.17, 15) is 0 Å². The van der Waals surface area contributed by atoms with Gasteiger partial charge < -0.3 is 5.41 Å². The Bertz CT molecular complexity index is 172. The van der Waals surface area contributed by atoms with E-state index in [-0.39, 0.29) is 22.4 Å². The fourth-order valence-corrected chi connectivity index (χ4v) is 0.539. The molecular weight excluding hydrogens is 295 g/mol. The van der Waals surface area contributed by atoms with Gasteiger partial charge in [-0.15, -0.1) is 0 Å². The summed E-state index contributed by atoms with van der Waals surface area (Å²) in [7, 11) is 0. The maximum atomic E-state index is 8.41. The summed E-state index contributed by atoms with van der Waals surface area (Å²) in [4.78, 5) is 0. The van der Waals surface area contributed by atoms with Crippen LogP contribution in [0.15, 0.2) is 30.3 Å². The average molecular weight is 301 g/mol. The van der Waals surface area contributed by atoms with Gasteiger partial charge in [-0.3, -0.25) is 0 Å². The van der Waals surface area contributed by atoms with Crippen LogP contribution in [0.4, 0.5) is 0 Å². The van der Waals surface area contributed by atoms with Crippen LogP contribution < -0.4 is 0 Å². The molecule has 1 aromatic carbocycles. The first-order valence-corrected chi connectivity index (χ1v) is 2.46. The van der Waals surface area contributed by atoms with E-state index in [0.29, 0.717) is 0 Å². The minimum absolute atomic E-state index is 0. The van der Waals surface area contributed by atoms with Crippen LogP contribution in [-0.2, 0) is 22.4 Å². The first-order chi connectivity index (χ1) is 3.93. The zero-order chi connectivity index (χ0) is 5.82. The van der Waals surface area contributed by atoms with Crippen molar-refractivity contribution >= 4 is 6.21 Å². The monoisotopic (exact) mass is 301 g/mol. The van der Waals surface area contributed by atoms with Crippen LogP contribution in [0.25, 0.3) is 5.41 Å². The smallest absolute Gasteiger partial charge is 0.810 e. The summed E-state index contributed by atoms with van der Waals surface area (Å²) in [6.45, 7) is 0. The van der Waals surface area contributed by atoms with Gasteiger partial charge >= 0.3 is 22.4 Å². The molecule has 0 unspecified atom stereocenters. The van der Waals surface area contributed by atoms with E-state index in [1.54, 1.807) is 0 Å². The van der Waals surface area contributed by atoms with E-state index < -0.39 is 0 Å². The van der Waals surface area contributed by atoms with Gasteiger partial charge in [0.05, 0.1) is 0 Å². The molecule has 1 aromatic rings. The second kappa shape index (κ2) is 4.50. The largest absolute Gasteiger partial charge is 1.00 e. The SMILES string of the molecule is [Au+].[N-]=Cc1ccccc1. The van der Waals surface area contributed by atoms with Crippen molar-refractivity contribution < 1.29 is 22.4 Å². The summed E-state index contributed by atoms with van der Waals surface area (Å²) in [6, 6.07) is 9.33.